The molecule has 0 aromatic carbocycles. The van der Waals surface area contributed by atoms with Crippen molar-refractivity contribution in [2.45, 2.75) is 83.5 Å². The van der Waals surface area contributed by atoms with Crippen LogP contribution in [0.4, 0.5) is 0 Å². The molecule has 136 valence electrons. The van der Waals surface area contributed by atoms with Crippen molar-refractivity contribution < 1.29 is 18.9 Å². The molecule has 4 heteroatoms. The van der Waals surface area contributed by atoms with Crippen LogP contribution in [0.5, 0.6) is 0 Å². The summed E-state index contributed by atoms with van der Waals surface area (Å²) in [5.74, 6) is 0.879. The number of hydrogen-bond acceptors (Lipinski definition) is 4. The van der Waals surface area contributed by atoms with Crippen LogP contribution in [0.25, 0.3) is 0 Å². The van der Waals surface area contributed by atoms with Crippen molar-refractivity contribution in [1.82, 2.24) is 0 Å². The first-order valence-corrected chi connectivity index (χ1v) is 9.77. The lowest BCUT2D eigenvalue weighted by molar-refractivity contribution is -0.162. The molecule has 4 nitrogen and oxygen atoms in total. The van der Waals surface area contributed by atoms with Gasteiger partial charge in [-0.25, -0.2) is 0 Å². The summed E-state index contributed by atoms with van der Waals surface area (Å²) in [6, 6.07) is 0. The summed E-state index contributed by atoms with van der Waals surface area (Å²) in [6.07, 6.45) is 12.3. The van der Waals surface area contributed by atoms with Crippen molar-refractivity contribution in [3.8, 4) is 0 Å². The second kappa shape index (κ2) is 12.2. The number of unbranched alkanes of at least 4 members (excludes halogenated alkanes) is 3. The van der Waals surface area contributed by atoms with Gasteiger partial charge in [-0.05, 0) is 70.1 Å². The van der Waals surface area contributed by atoms with Crippen LogP contribution in [-0.2, 0) is 18.9 Å². The van der Waals surface area contributed by atoms with Gasteiger partial charge in [-0.1, -0.05) is 6.92 Å². The van der Waals surface area contributed by atoms with Gasteiger partial charge in [0.25, 0.3) is 0 Å². The normalized spacial score (nSPS) is 27.8. The summed E-state index contributed by atoms with van der Waals surface area (Å²) in [4.78, 5) is 0. The third-order valence-corrected chi connectivity index (χ3v) is 4.74. The van der Waals surface area contributed by atoms with Crippen molar-refractivity contribution in [2.24, 2.45) is 5.92 Å². The number of ether oxygens (including phenoxy) is 4. The molecule has 1 heterocycles. The Morgan fingerprint density at radius 3 is 2.26 bits per heavy atom. The Balaban J connectivity index is 1.23. The van der Waals surface area contributed by atoms with Crippen LogP contribution in [0.1, 0.15) is 71.1 Å². The first-order chi connectivity index (χ1) is 11.3. The minimum Gasteiger partial charge on any atom is -0.381 e. The van der Waals surface area contributed by atoms with Crippen LogP contribution >= 0.6 is 0 Å². The zero-order chi connectivity index (χ0) is 16.2. The molecule has 0 spiro atoms. The summed E-state index contributed by atoms with van der Waals surface area (Å²) in [6.45, 7) is 6.63. The average molecular weight is 328 g/mol. The fraction of sp³-hybridized carbons (Fsp3) is 1.00. The third-order valence-electron chi connectivity index (χ3n) is 4.74. The Labute approximate surface area is 142 Å². The Kier molecular flexibility index (Phi) is 10.2. The fourth-order valence-corrected chi connectivity index (χ4v) is 3.16. The van der Waals surface area contributed by atoms with E-state index >= 15 is 0 Å². The Morgan fingerprint density at radius 2 is 1.52 bits per heavy atom. The first kappa shape index (κ1) is 19.2. The van der Waals surface area contributed by atoms with Gasteiger partial charge in [-0.3, -0.25) is 0 Å². The van der Waals surface area contributed by atoms with E-state index in [9.17, 15) is 0 Å². The van der Waals surface area contributed by atoms with Gasteiger partial charge >= 0.3 is 0 Å². The van der Waals surface area contributed by atoms with E-state index in [1.807, 2.05) is 0 Å². The highest BCUT2D eigenvalue weighted by Crippen LogP contribution is 2.29. The molecule has 0 amide bonds. The van der Waals surface area contributed by atoms with Gasteiger partial charge in [0, 0.05) is 33.0 Å². The van der Waals surface area contributed by atoms with Crippen LogP contribution in [0.2, 0.25) is 0 Å². The molecular formula is C19H36O4. The van der Waals surface area contributed by atoms with Crippen LogP contribution in [0, 0.1) is 5.92 Å². The van der Waals surface area contributed by atoms with Crippen molar-refractivity contribution in [2.75, 3.05) is 33.0 Å². The van der Waals surface area contributed by atoms with Crippen molar-refractivity contribution in [1.29, 1.82) is 0 Å². The average Bonchev–Trinajstić information content (AvgIpc) is 2.55. The Morgan fingerprint density at radius 1 is 0.826 bits per heavy atom. The van der Waals surface area contributed by atoms with E-state index in [1.165, 1.54) is 32.1 Å². The lowest BCUT2D eigenvalue weighted by Crippen LogP contribution is -2.29. The molecule has 2 rings (SSSR count). The van der Waals surface area contributed by atoms with Gasteiger partial charge in [0.2, 0.25) is 0 Å². The van der Waals surface area contributed by atoms with Crippen molar-refractivity contribution in [3.63, 3.8) is 0 Å². The highest BCUT2D eigenvalue weighted by molar-refractivity contribution is 4.76. The van der Waals surface area contributed by atoms with Crippen molar-refractivity contribution in [3.05, 3.63) is 0 Å². The van der Waals surface area contributed by atoms with E-state index < -0.39 is 0 Å². The Bertz CT molecular complexity index is 273. The quantitative estimate of drug-likeness (QED) is 0.472. The van der Waals surface area contributed by atoms with Gasteiger partial charge in [-0.15, -0.1) is 0 Å². The summed E-state index contributed by atoms with van der Waals surface area (Å²) < 4.78 is 22.7. The van der Waals surface area contributed by atoms with E-state index in [-0.39, 0.29) is 6.29 Å². The topological polar surface area (TPSA) is 36.9 Å². The molecule has 1 atom stereocenters. The third kappa shape index (κ3) is 9.04. The molecule has 1 aliphatic carbocycles. The molecular weight excluding hydrogens is 292 g/mol. The molecule has 1 unspecified atom stereocenters. The predicted molar refractivity (Wildman–Crippen MR) is 91.6 cm³/mol. The Hall–Kier alpha value is -0.160. The maximum atomic E-state index is 5.79. The standard InChI is InChI=1S/C19H36O4/c1-17-15-18(16-17)21-12-8-7-11-20-10-4-2-5-13-22-19-9-3-6-14-23-19/h17-19H,2-16H2,1H3/t17-,18-,19?. The highest BCUT2D eigenvalue weighted by Gasteiger charge is 2.25. The molecule has 1 saturated heterocycles. The minimum atomic E-state index is 0.0605. The maximum Gasteiger partial charge on any atom is 0.157 e. The molecule has 23 heavy (non-hydrogen) atoms. The van der Waals surface area contributed by atoms with E-state index in [2.05, 4.69) is 6.92 Å². The van der Waals surface area contributed by atoms with Crippen LogP contribution in [0.3, 0.4) is 0 Å². The first-order valence-electron chi connectivity index (χ1n) is 9.77. The van der Waals surface area contributed by atoms with Crippen LogP contribution < -0.4 is 0 Å². The largest absolute Gasteiger partial charge is 0.381 e. The summed E-state index contributed by atoms with van der Waals surface area (Å²) in [7, 11) is 0. The second-order valence-electron chi connectivity index (χ2n) is 7.12. The molecule has 1 saturated carbocycles. The van der Waals surface area contributed by atoms with Gasteiger partial charge in [0.15, 0.2) is 6.29 Å². The SMILES string of the molecule is C[C@H]1C[C@H](OCCCCOCCCCCOC2CCCCO2)C1. The number of hydrogen-bond donors (Lipinski definition) is 0. The predicted octanol–water partition coefficient (Wildman–Crippen LogP) is 4.31. The van der Waals surface area contributed by atoms with Crippen LogP contribution in [0.15, 0.2) is 0 Å². The van der Waals surface area contributed by atoms with Gasteiger partial charge in [-0.2, -0.15) is 0 Å². The summed E-state index contributed by atoms with van der Waals surface area (Å²) in [5, 5.41) is 0. The number of rotatable bonds is 13. The monoisotopic (exact) mass is 328 g/mol. The maximum absolute atomic E-state index is 5.79. The smallest absolute Gasteiger partial charge is 0.157 e. The summed E-state index contributed by atoms with van der Waals surface area (Å²) >= 11 is 0. The molecule has 0 bridgehead atoms. The minimum absolute atomic E-state index is 0.0605. The van der Waals surface area contributed by atoms with E-state index in [0.29, 0.717) is 6.10 Å². The summed E-state index contributed by atoms with van der Waals surface area (Å²) in [5.41, 5.74) is 0. The molecule has 2 fully saturated rings. The molecule has 0 aromatic heterocycles. The van der Waals surface area contributed by atoms with Gasteiger partial charge in [0.05, 0.1) is 6.10 Å². The van der Waals surface area contributed by atoms with E-state index in [0.717, 1.165) is 71.1 Å². The molecule has 0 radical (unpaired) electrons. The van der Waals surface area contributed by atoms with Crippen LogP contribution in [-0.4, -0.2) is 45.4 Å². The molecule has 0 aromatic rings. The molecule has 1 aliphatic heterocycles. The molecule has 0 N–H and O–H groups in total. The fourth-order valence-electron chi connectivity index (χ4n) is 3.16. The van der Waals surface area contributed by atoms with Gasteiger partial charge < -0.3 is 18.9 Å². The zero-order valence-electron chi connectivity index (χ0n) is 15.0. The van der Waals surface area contributed by atoms with E-state index in [4.69, 9.17) is 18.9 Å². The lowest BCUT2D eigenvalue weighted by Gasteiger charge is -2.32. The molecule has 2 aliphatic rings. The van der Waals surface area contributed by atoms with Crippen molar-refractivity contribution >= 4 is 0 Å². The van der Waals surface area contributed by atoms with E-state index in [1.54, 1.807) is 0 Å². The second-order valence-corrected chi connectivity index (χ2v) is 7.12. The zero-order valence-corrected chi connectivity index (χ0v) is 15.0. The lowest BCUT2D eigenvalue weighted by atomic mass is 9.84. The van der Waals surface area contributed by atoms with Gasteiger partial charge in [0.1, 0.15) is 0 Å². The highest BCUT2D eigenvalue weighted by atomic mass is 16.7.